The Morgan fingerprint density at radius 1 is 0.967 bits per heavy atom. The fraction of sp³-hybridized carbons (Fsp3) is 0.240. The first-order valence-electron chi connectivity index (χ1n) is 9.94. The van der Waals surface area contributed by atoms with Crippen LogP contribution in [0.4, 0.5) is 0 Å². The number of allylic oxidation sites excluding steroid dienone is 2. The first-order chi connectivity index (χ1) is 14.4. The van der Waals surface area contributed by atoms with Crippen LogP contribution in [-0.2, 0) is 7.05 Å². The lowest BCUT2D eigenvalue weighted by atomic mass is 10.0. The monoisotopic (exact) mass is 545 g/mol. The van der Waals surface area contributed by atoms with Crippen LogP contribution in [0.3, 0.4) is 0 Å². The van der Waals surface area contributed by atoms with E-state index in [9.17, 15) is 4.79 Å². The minimum absolute atomic E-state index is 0.0637. The summed E-state index contributed by atoms with van der Waals surface area (Å²) in [6, 6.07) is 18.1. The maximum atomic E-state index is 13.1. The van der Waals surface area contributed by atoms with E-state index in [1.807, 2.05) is 78.2 Å². The average molecular weight is 547 g/mol. The molecule has 156 valence electrons. The second-order valence-electron chi connectivity index (χ2n) is 7.12. The van der Waals surface area contributed by atoms with Crippen molar-refractivity contribution in [1.82, 2.24) is 4.57 Å². The van der Waals surface area contributed by atoms with Gasteiger partial charge in [0.1, 0.15) is 0 Å². The molecule has 1 aromatic heterocycles. The SMILES string of the molecule is CCC(Br)(Br)C=CCCSc1ccc(-c2cn(C)cc(-c3ccccc3)c2=O)cc1. The molecule has 2 nitrogen and oxygen atoms in total. The summed E-state index contributed by atoms with van der Waals surface area (Å²) in [5.74, 6) is 1.01. The van der Waals surface area contributed by atoms with Crippen molar-refractivity contribution >= 4 is 43.6 Å². The molecule has 0 fully saturated rings. The van der Waals surface area contributed by atoms with E-state index in [1.54, 1.807) is 0 Å². The van der Waals surface area contributed by atoms with Gasteiger partial charge in [-0.2, -0.15) is 0 Å². The van der Waals surface area contributed by atoms with Gasteiger partial charge in [0.25, 0.3) is 0 Å². The largest absolute Gasteiger partial charge is 0.356 e. The van der Waals surface area contributed by atoms with Gasteiger partial charge in [-0.05, 0) is 36.1 Å². The summed E-state index contributed by atoms with van der Waals surface area (Å²) in [5.41, 5.74) is 3.41. The molecule has 0 aliphatic carbocycles. The highest BCUT2D eigenvalue weighted by atomic mass is 79.9. The van der Waals surface area contributed by atoms with Crippen molar-refractivity contribution in [3.05, 3.63) is 89.4 Å². The Morgan fingerprint density at radius 2 is 1.57 bits per heavy atom. The van der Waals surface area contributed by atoms with Crippen LogP contribution >= 0.6 is 43.6 Å². The molecule has 0 aliphatic heterocycles. The lowest BCUT2D eigenvalue weighted by molar-refractivity contribution is 0.904. The number of thioether (sulfide) groups is 1. The molecule has 0 bridgehead atoms. The average Bonchev–Trinajstić information content (AvgIpc) is 2.76. The molecule has 0 unspecified atom stereocenters. The molecule has 30 heavy (non-hydrogen) atoms. The van der Waals surface area contributed by atoms with Gasteiger partial charge in [-0.15, -0.1) is 11.8 Å². The molecule has 5 heteroatoms. The molecule has 2 aromatic carbocycles. The Kier molecular flexibility index (Phi) is 8.20. The molecule has 3 aromatic rings. The van der Waals surface area contributed by atoms with Gasteiger partial charge >= 0.3 is 0 Å². The number of aromatic nitrogens is 1. The Hall–Kier alpha value is -1.56. The van der Waals surface area contributed by atoms with E-state index in [0.29, 0.717) is 0 Å². The third-order valence-electron chi connectivity index (χ3n) is 4.79. The Balaban J connectivity index is 1.72. The van der Waals surface area contributed by atoms with Gasteiger partial charge in [-0.1, -0.05) is 93.4 Å². The number of alkyl halides is 2. The third-order valence-corrected chi connectivity index (χ3v) is 7.49. The molecule has 0 aliphatic rings. The second kappa shape index (κ2) is 10.7. The standard InChI is InChI=1S/C25H25Br2NOS/c1-3-25(26,27)15-7-8-16-30-21-13-11-20(12-14-21)23-18-28(2)17-22(24(23)29)19-9-5-4-6-10-19/h4-7,9-15,17-18H,3,8,16H2,1-2H3. The van der Waals surface area contributed by atoms with Gasteiger partial charge in [0.15, 0.2) is 5.43 Å². The first-order valence-corrected chi connectivity index (χ1v) is 12.5. The molecule has 1 heterocycles. The zero-order valence-electron chi connectivity index (χ0n) is 17.1. The van der Waals surface area contributed by atoms with Crippen molar-refractivity contribution in [2.45, 2.75) is 27.9 Å². The highest BCUT2D eigenvalue weighted by Gasteiger charge is 2.14. The van der Waals surface area contributed by atoms with Gasteiger partial charge in [0.05, 0.1) is 3.23 Å². The molecule has 0 N–H and O–H groups in total. The van der Waals surface area contributed by atoms with Crippen LogP contribution in [0.2, 0.25) is 0 Å². The molecular formula is C25H25Br2NOS. The quantitative estimate of drug-likeness (QED) is 0.125. The molecule has 0 saturated heterocycles. The van der Waals surface area contributed by atoms with Gasteiger partial charge < -0.3 is 4.57 Å². The van der Waals surface area contributed by atoms with E-state index >= 15 is 0 Å². The van der Waals surface area contributed by atoms with Crippen LogP contribution < -0.4 is 5.43 Å². The van der Waals surface area contributed by atoms with Gasteiger partial charge in [0.2, 0.25) is 0 Å². The number of hydrogen-bond acceptors (Lipinski definition) is 2. The Labute approximate surface area is 199 Å². The lowest BCUT2D eigenvalue weighted by Crippen LogP contribution is -2.11. The predicted molar refractivity (Wildman–Crippen MR) is 138 cm³/mol. The minimum atomic E-state index is -0.0905. The normalized spacial score (nSPS) is 11.9. The summed E-state index contributed by atoms with van der Waals surface area (Å²) < 4.78 is 1.87. The van der Waals surface area contributed by atoms with Crippen molar-refractivity contribution < 1.29 is 0 Å². The fourth-order valence-corrected chi connectivity index (χ4v) is 4.28. The van der Waals surface area contributed by atoms with E-state index in [-0.39, 0.29) is 8.66 Å². The second-order valence-corrected chi connectivity index (χ2v) is 12.2. The molecule has 0 spiro atoms. The molecule has 0 amide bonds. The fourth-order valence-electron chi connectivity index (χ4n) is 3.08. The van der Waals surface area contributed by atoms with Crippen molar-refractivity contribution in [2.24, 2.45) is 7.05 Å². The predicted octanol–water partition coefficient (Wildman–Crippen LogP) is 7.65. The van der Waals surface area contributed by atoms with E-state index in [4.69, 9.17) is 0 Å². The summed E-state index contributed by atoms with van der Waals surface area (Å²) in [5, 5.41) is 0. The number of pyridine rings is 1. The zero-order chi connectivity index (χ0) is 21.6. The highest BCUT2D eigenvalue weighted by molar-refractivity contribution is 9.25. The first kappa shape index (κ1) is 23.1. The summed E-state index contributed by atoms with van der Waals surface area (Å²) >= 11 is 9.09. The maximum absolute atomic E-state index is 13.1. The Bertz CT molecular complexity index is 1060. The van der Waals surface area contributed by atoms with Gasteiger partial charge in [-0.25, -0.2) is 0 Å². The van der Waals surface area contributed by atoms with Crippen molar-refractivity contribution in [2.75, 3.05) is 5.75 Å². The van der Waals surface area contributed by atoms with Gasteiger partial charge in [-0.3, -0.25) is 4.79 Å². The molecule has 0 atom stereocenters. The molecule has 3 rings (SSSR count). The van der Waals surface area contributed by atoms with Crippen molar-refractivity contribution in [3.8, 4) is 22.3 Å². The van der Waals surface area contributed by atoms with Crippen molar-refractivity contribution in [3.63, 3.8) is 0 Å². The number of benzene rings is 2. The minimum Gasteiger partial charge on any atom is -0.356 e. The third kappa shape index (κ3) is 6.22. The van der Waals surface area contributed by atoms with Gasteiger partial charge in [0, 0.05) is 41.2 Å². The molecular weight excluding hydrogens is 522 g/mol. The summed E-state index contributed by atoms with van der Waals surface area (Å²) in [6.45, 7) is 2.13. The number of hydrogen-bond donors (Lipinski definition) is 0. The topological polar surface area (TPSA) is 22.0 Å². The van der Waals surface area contributed by atoms with Crippen LogP contribution in [0.15, 0.2) is 88.8 Å². The van der Waals surface area contributed by atoms with Crippen LogP contribution in [0.25, 0.3) is 22.3 Å². The molecule has 0 radical (unpaired) electrons. The summed E-state index contributed by atoms with van der Waals surface area (Å²) in [6.07, 6.45) is 10.2. The molecule has 0 saturated carbocycles. The van der Waals surface area contributed by atoms with E-state index in [1.165, 1.54) is 4.90 Å². The highest BCUT2D eigenvalue weighted by Crippen LogP contribution is 2.31. The maximum Gasteiger partial charge on any atom is 0.197 e. The van der Waals surface area contributed by atoms with E-state index < -0.39 is 0 Å². The number of rotatable bonds is 8. The van der Waals surface area contributed by atoms with Crippen LogP contribution in [0.1, 0.15) is 19.8 Å². The lowest BCUT2D eigenvalue weighted by Gasteiger charge is -2.11. The summed E-state index contributed by atoms with van der Waals surface area (Å²) in [7, 11) is 1.96. The van der Waals surface area contributed by atoms with Crippen LogP contribution in [0.5, 0.6) is 0 Å². The van der Waals surface area contributed by atoms with E-state index in [2.05, 4.69) is 63.1 Å². The Morgan fingerprint density at radius 3 is 2.17 bits per heavy atom. The zero-order valence-corrected chi connectivity index (χ0v) is 21.1. The smallest absolute Gasteiger partial charge is 0.197 e. The van der Waals surface area contributed by atoms with Crippen LogP contribution in [-0.4, -0.2) is 13.6 Å². The van der Waals surface area contributed by atoms with E-state index in [0.717, 1.165) is 40.8 Å². The number of halogens is 2. The summed E-state index contributed by atoms with van der Waals surface area (Å²) in [4.78, 5) is 14.3. The number of nitrogens with zero attached hydrogens (tertiary/aromatic N) is 1. The van der Waals surface area contributed by atoms with Crippen molar-refractivity contribution in [1.29, 1.82) is 0 Å². The number of aryl methyl sites for hydroxylation is 1. The van der Waals surface area contributed by atoms with Crippen LogP contribution in [0, 0.1) is 0 Å².